The summed E-state index contributed by atoms with van der Waals surface area (Å²) in [5.41, 5.74) is 4.64. The molecule has 1 aromatic carbocycles. The number of halogens is 1. The van der Waals surface area contributed by atoms with E-state index in [1.54, 1.807) is 26.0 Å². The first kappa shape index (κ1) is 20.4. The third kappa shape index (κ3) is 4.45. The highest BCUT2D eigenvalue weighted by atomic mass is 19.1. The van der Waals surface area contributed by atoms with Crippen molar-refractivity contribution in [2.45, 2.75) is 38.9 Å². The molecule has 0 aliphatic carbocycles. The Hall–Kier alpha value is -2.90. The molecule has 0 spiro atoms. The Morgan fingerprint density at radius 3 is 2.70 bits per heavy atom. The Morgan fingerprint density at radius 1 is 1.52 bits per heavy atom. The minimum Gasteiger partial charge on any atom is -0.493 e. The van der Waals surface area contributed by atoms with Crippen LogP contribution in [0.1, 0.15) is 43.1 Å². The first-order chi connectivity index (χ1) is 12.7. The summed E-state index contributed by atoms with van der Waals surface area (Å²) in [5.74, 6) is -0.540. The minimum absolute atomic E-state index is 0.0280. The van der Waals surface area contributed by atoms with Crippen molar-refractivity contribution in [3.63, 3.8) is 0 Å². The number of nitrogens with two attached hydrogens (primary N) is 1. The topological polar surface area (TPSA) is 103 Å². The zero-order valence-corrected chi connectivity index (χ0v) is 15.7. The summed E-state index contributed by atoms with van der Waals surface area (Å²) < 4.78 is 25.3. The number of benzene rings is 1. The maximum absolute atomic E-state index is 14.0. The normalized spacial score (nSPS) is 22.3. The molecule has 0 radical (unpaired) electrons. The van der Waals surface area contributed by atoms with Gasteiger partial charge in [-0.2, -0.15) is 0 Å². The Balaban J connectivity index is 2.28. The lowest BCUT2D eigenvalue weighted by Gasteiger charge is -2.18. The molecule has 0 saturated carbocycles. The van der Waals surface area contributed by atoms with Crippen LogP contribution in [0.15, 0.2) is 23.2 Å². The van der Waals surface area contributed by atoms with Crippen LogP contribution in [0.5, 0.6) is 5.75 Å². The Labute approximate surface area is 157 Å². The molecule has 146 valence electrons. The molecule has 0 bridgehead atoms. The van der Waals surface area contributed by atoms with E-state index in [0.717, 1.165) is 0 Å². The standard InChI is InChI=1S/C19H24FN3O4/c1-5-15(27-10-11-9-19(3,20)18(25)23-11)12-8-16(26-6-2)13(17(21)24)7-14(12)22-4/h5,7-8,11H,4,6,9-10H2,1-3H3,(H2,21,24)(H,23,25)/b15-5+/t11-,19-/m0/s1. The molecule has 8 heteroatoms. The van der Waals surface area contributed by atoms with E-state index in [0.29, 0.717) is 29.4 Å². The molecule has 1 aliphatic rings. The number of nitrogens with zero attached hydrogens (tertiary/aromatic N) is 1. The number of rotatable bonds is 8. The number of primary amides is 1. The number of hydrogen-bond donors (Lipinski definition) is 2. The van der Waals surface area contributed by atoms with Crippen molar-refractivity contribution in [2.75, 3.05) is 13.2 Å². The number of allylic oxidation sites excluding steroid dienone is 1. The fraction of sp³-hybridized carbons (Fsp3) is 0.421. The van der Waals surface area contributed by atoms with Gasteiger partial charge in [-0.15, -0.1) is 0 Å². The summed E-state index contributed by atoms with van der Waals surface area (Å²) in [7, 11) is 0. The van der Waals surface area contributed by atoms with Crippen LogP contribution in [0.3, 0.4) is 0 Å². The molecule has 1 aromatic rings. The zero-order chi connectivity index (χ0) is 20.2. The number of alkyl halides is 1. The quantitative estimate of drug-likeness (QED) is 0.537. The van der Waals surface area contributed by atoms with Gasteiger partial charge in [-0.1, -0.05) is 0 Å². The van der Waals surface area contributed by atoms with Crippen molar-refractivity contribution < 1.29 is 23.5 Å². The average Bonchev–Trinajstić information content (AvgIpc) is 2.87. The number of carbonyl (C=O) groups excluding carboxylic acids is 2. The highest BCUT2D eigenvalue weighted by Gasteiger charge is 2.43. The molecule has 1 heterocycles. The van der Waals surface area contributed by atoms with Crippen molar-refractivity contribution in [3.8, 4) is 5.75 Å². The van der Waals surface area contributed by atoms with Gasteiger partial charge in [-0.05, 0) is 45.7 Å². The second-order valence-corrected chi connectivity index (χ2v) is 6.36. The third-order valence-corrected chi connectivity index (χ3v) is 4.24. The summed E-state index contributed by atoms with van der Waals surface area (Å²) >= 11 is 0. The van der Waals surface area contributed by atoms with Gasteiger partial charge in [0.05, 0.1) is 23.9 Å². The average molecular weight is 377 g/mol. The van der Waals surface area contributed by atoms with E-state index in [2.05, 4.69) is 17.0 Å². The lowest BCUT2D eigenvalue weighted by Crippen LogP contribution is -2.32. The van der Waals surface area contributed by atoms with E-state index < -0.39 is 23.5 Å². The Kier molecular flexibility index (Phi) is 6.20. The molecule has 7 nitrogen and oxygen atoms in total. The maximum Gasteiger partial charge on any atom is 0.257 e. The Bertz CT molecular complexity index is 789. The second kappa shape index (κ2) is 8.20. The van der Waals surface area contributed by atoms with Crippen molar-refractivity contribution >= 4 is 30.0 Å². The van der Waals surface area contributed by atoms with Crippen LogP contribution in [0.4, 0.5) is 10.1 Å². The van der Waals surface area contributed by atoms with Gasteiger partial charge < -0.3 is 20.5 Å². The minimum atomic E-state index is -1.90. The van der Waals surface area contributed by atoms with Crippen molar-refractivity contribution in [1.82, 2.24) is 5.32 Å². The van der Waals surface area contributed by atoms with Crippen LogP contribution in [0.2, 0.25) is 0 Å². The van der Waals surface area contributed by atoms with Crippen LogP contribution < -0.4 is 15.8 Å². The van der Waals surface area contributed by atoms with Gasteiger partial charge in [0, 0.05) is 12.0 Å². The highest BCUT2D eigenvalue weighted by Crippen LogP contribution is 2.35. The van der Waals surface area contributed by atoms with E-state index in [-0.39, 0.29) is 18.6 Å². The van der Waals surface area contributed by atoms with E-state index in [1.165, 1.54) is 13.0 Å². The molecule has 2 atom stereocenters. The molecule has 1 aliphatic heterocycles. The number of ether oxygens (including phenoxy) is 2. The maximum atomic E-state index is 14.0. The van der Waals surface area contributed by atoms with Gasteiger partial charge in [0.2, 0.25) is 0 Å². The molecule has 1 fully saturated rings. The molecular formula is C19H24FN3O4. The van der Waals surface area contributed by atoms with Crippen LogP contribution in [-0.4, -0.2) is 43.5 Å². The molecular weight excluding hydrogens is 353 g/mol. The molecule has 1 saturated heterocycles. The number of amides is 2. The summed E-state index contributed by atoms with van der Waals surface area (Å²) in [4.78, 5) is 27.2. The number of carbonyl (C=O) groups is 2. The van der Waals surface area contributed by atoms with Crippen LogP contribution in [-0.2, 0) is 9.53 Å². The van der Waals surface area contributed by atoms with Crippen molar-refractivity contribution in [2.24, 2.45) is 10.7 Å². The Morgan fingerprint density at radius 2 is 2.22 bits per heavy atom. The fourth-order valence-electron chi connectivity index (χ4n) is 2.91. The first-order valence-corrected chi connectivity index (χ1v) is 8.60. The van der Waals surface area contributed by atoms with Crippen LogP contribution in [0, 0.1) is 0 Å². The van der Waals surface area contributed by atoms with Crippen LogP contribution in [0.25, 0.3) is 5.76 Å². The van der Waals surface area contributed by atoms with E-state index in [9.17, 15) is 14.0 Å². The SMILES string of the molecule is C=Nc1cc(C(N)=O)c(OCC)cc1/C(=C\C)OC[C@@H]1C[C@](C)(F)C(=O)N1. The van der Waals surface area contributed by atoms with Gasteiger partial charge in [-0.3, -0.25) is 14.6 Å². The van der Waals surface area contributed by atoms with Crippen molar-refractivity contribution in [3.05, 3.63) is 29.3 Å². The molecule has 0 unspecified atom stereocenters. The lowest BCUT2D eigenvalue weighted by atomic mass is 10.0. The van der Waals surface area contributed by atoms with Crippen LogP contribution >= 0.6 is 0 Å². The van der Waals surface area contributed by atoms with Gasteiger partial charge >= 0.3 is 0 Å². The van der Waals surface area contributed by atoms with E-state index in [1.807, 2.05) is 0 Å². The first-order valence-electron chi connectivity index (χ1n) is 8.60. The largest absolute Gasteiger partial charge is 0.493 e. The summed E-state index contributed by atoms with van der Waals surface area (Å²) in [6.07, 6.45) is 1.73. The lowest BCUT2D eigenvalue weighted by molar-refractivity contribution is -0.128. The van der Waals surface area contributed by atoms with E-state index >= 15 is 0 Å². The smallest absolute Gasteiger partial charge is 0.257 e. The molecule has 27 heavy (non-hydrogen) atoms. The molecule has 0 aromatic heterocycles. The van der Waals surface area contributed by atoms with Gasteiger partial charge in [-0.25, -0.2) is 4.39 Å². The third-order valence-electron chi connectivity index (χ3n) is 4.24. The summed E-state index contributed by atoms with van der Waals surface area (Å²) in [6.45, 7) is 8.74. The van der Waals surface area contributed by atoms with Gasteiger partial charge in [0.15, 0.2) is 5.67 Å². The summed E-state index contributed by atoms with van der Waals surface area (Å²) in [6, 6.07) is 2.65. The predicted octanol–water partition coefficient (Wildman–Crippen LogP) is 2.51. The van der Waals surface area contributed by atoms with Crippen molar-refractivity contribution in [1.29, 1.82) is 0 Å². The molecule has 2 rings (SSSR count). The number of hydrogen-bond acceptors (Lipinski definition) is 5. The summed E-state index contributed by atoms with van der Waals surface area (Å²) in [5, 5.41) is 2.57. The van der Waals surface area contributed by atoms with Gasteiger partial charge in [0.25, 0.3) is 11.8 Å². The number of aliphatic imine (C=N–C) groups is 1. The van der Waals surface area contributed by atoms with E-state index in [4.69, 9.17) is 15.2 Å². The van der Waals surface area contributed by atoms with Gasteiger partial charge in [0.1, 0.15) is 18.1 Å². The predicted molar refractivity (Wildman–Crippen MR) is 101 cm³/mol. The second-order valence-electron chi connectivity index (χ2n) is 6.36. The molecule has 2 amide bonds. The number of nitrogens with one attached hydrogen (secondary N) is 1. The molecule has 3 N–H and O–H groups in total. The zero-order valence-electron chi connectivity index (χ0n) is 15.7. The monoisotopic (exact) mass is 377 g/mol. The fourth-order valence-corrected chi connectivity index (χ4v) is 2.91. The highest BCUT2D eigenvalue weighted by molar-refractivity contribution is 5.97.